The van der Waals surface area contributed by atoms with Gasteiger partial charge in [0.1, 0.15) is 23.6 Å². The van der Waals surface area contributed by atoms with Crippen molar-refractivity contribution in [1.82, 2.24) is 9.80 Å². The van der Waals surface area contributed by atoms with Gasteiger partial charge in [-0.3, -0.25) is 14.4 Å². The first kappa shape index (κ1) is 51.2. The molecule has 0 bridgehead atoms. The van der Waals surface area contributed by atoms with E-state index in [4.69, 9.17) is 48.4 Å². The fourth-order valence-corrected chi connectivity index (χ4v) is 10.5. The van der Waals surface area contributed by atoms with E-state index in [9.17, 15) is 24.3 Å². The third-order valence-electron chi connectivity index (χ3n) is 14.0. The lowest BCUT2D eigenvalue weighted by Gasteiger charge is -2.50. The second-order valence-corrected chi connectivity index (χ2v) is 18.9. The van der Waals surface area contributed by atoms with Crippen molar-refractivity contribution < 1.29 is 66.9 Å². The van der Waals surface area contributed by atoms with Crippen LogP contribution in [0.25, 0.3) is 0 Å². The van der Waals surface area contributed by atoms with E-state index >= 15 is 0 Å². The Kier molecular flexibility index (Phi) is 17.2. The van der Waals surface area contributed by atoms with Crippen LogP contribution in [-0.4, -0.2) is 164 Å². The number of fused-ring (bicyclic) bond motifs is 1. The number of esters is 2. The van der Waals surface area contributed by atoms with Crippen molar-refractivity contribution in [2.45, 2.75) is 192 Å². The largest absolute Gasteiger partial charge is 0.458 e. The minimum Gasteiger partial charge on any atom is -0.458 e. The van der Waals surface area contributed by atoms with Gasteiger partial charge in [0.2, 0.25) is 0 Å². The summed E-state index contributed by atoms with van der Waals surface area (Å²) in [5.74, 6) is -4.43. The molecule has 0 aromatic carbocycles. The van der Waals surface area contributed by atoms with Gasteiger partial charge in [-0.2, -0.15) is 0 Å². The molecule has 3 N–H and O–H groups in total. The maximum Gasteiger partial charge on any atom is 0.410 e. The standard InChI is InChI=1S/C44H77N3O14/c1-16-31-44(11)36(47(19-17-18-45)41(52)61-44)25(4)33(49)23(2)21-42(9,53-14)37(60-40-34(50)30(46(12)13)20-24(3)55-40)26(5)35(27(6)39(51)58-31)59-32-22-43(10,54-15)38(28(7)56-32)57-29(8)48/h23-28,30-32,34-38,40,50H,16-22,45H2,1-15H3/t23-,24-,25+,26+,27-,28+,30+,31-,32+,34-,35+,36+,37-,38+,40+,42-,43-,44-/m1/s1. The van der Waals surface area contributed by atoms with Crippen LogP contribution < -0.4 is 5.73 Å². The summed E-state index contributed by atoms with van der Waals surface area (Å²) in [4.78, 5) is 58.9. The molecule has 17 heteroatoms. The Morgan fingerprint density at radius 2 is 1.56 bits per heavy atom. The van der Waals surface area contributed by atoms with E-state index in [2.05, 4.69) is 0 Å². The normalized spacial score (nSPS) is 44.3. The van der Waals surface area contributed by atoms with Gasteiger partial charge in [-0.25, -0.2) is 4.79 Å². The number of aliphatic hydroxyl groups is 1. The van der Waals surface area contributed by atoms with E-state index in [0.29, 0.717) is 19.4 Å². The number of carbonyl (C=O) groups is 4. The number of nitrogens with zero attached hydrogens (tertiary/aromatic N) is 2. The molecule has 17 nitrogen and oxygen atoms in total. The maximum absolute atomic E-state index is 14.8. The van der Waals surface area contributed by atoms with Gasteiger partial charge in [0, 0.05) is 57.9 Å². The molecule has 0 aromatic rings. The molecule has 4 heterocycles. The quantitative estimate of drug-likeness (QED) is 0.211. The molecule has 0 radical (unpaired) electrons. The van der Waals surface area contributed by atoms with Crippen molar-refractivity contribution in [1.29, 1.82) is 0 Å². The number of carbonyl (C=O) groups excluding carboxylic acids is 4. The molecule has 4 aliphatic heterocycles. The number of likely N-dealkylation sites (N-methyl/N-ethyl adjacent to an activating group) is 1. The van der Waals surface area contributed by atoms with Gasteiger partial charge in [0.15, 0.2) is 24.3 Å². The first-order valence-electron chi connectivity index (χ1n) is 22.1. The minimum absolute atomic E-state index is 0.117. The summed E-state index contributed by atoms with van der Waals surface area (Å²) in [6, 6.07) is -1.10. The number of cyclic esters (lactones) is 1. The van der Waals surface area contributed by atoms with Gasteiger partial charge >= 0.3 is 18.0 Å². The molecule has 4 rings (SSSR count). The first-order chi connectivity index (χ1) is 28.4. The smallest absolute Gasteiger partial charge is 0.410 e. The Morgan fingerprint density at radius 1 is 0.934 bits per heavy atom. The minimum atomic E-state index is -1.41. The Hall–Kier alpha value is -2.48. The van der Waals surface area contributed by atoms with Crippen LogP contribution in [0.4, 0.5) is 4.79 Å². The zero-order chi connectivity index (χ0) is 45.9. The third kappa shape index (κ3) is 10.7. The highest BCUT2D eigenvalue weighted by molar-refractivity contribution is 5.85. The fourth-order valence-electron chi connectivity index (χ4n) is 10.5. The first-order valence-corrected chi connectivity index (χ1v) is 22.1. The maximum atomic E-state index is 14.8. The topological polar surface area (TPSA) is 204 Å². The lowest BCUT2D eigenvalue weighted by atomic mass is 9.73. The van der Waals surface area contributed by atoms with Crippen LogP contribution in [0, 0.1) is 23.7 Å². The molecule has 4 aliphatic rings. The lowest BCUT2D eigenvalue weighted by Crippen LogP contribution is -2.62. The number of Topliss-reactive ketones (excluding diaryl/α,β-unsaturated/α-hetero) is 1. The summed E-state index contributed by atoms with van der Waals surface area (Å²) in [7, 11) is 6.83. The van der Waals surface area contributed by atoms with Crippen molar-refractivity contribution in [3.63, 3.8) is 0 Å². The summed E-state index contributed by atoms with van der Waals surface area (Å²) < 4.78 is 57.2. The van der Waals surface area contributed by atoms with Gasteiger partial charge < -0.3 is 63.3 Å². The number of ketones is 1. The Morgan fingerprint density at radius 3 is 2.11 bits per heavy atom. The molecule has 0 aromatic heterocycles. The van der Waals surface area contributed by atoms with Crippen LogP contribution in [0.2, 0.25) is 0 Å². The van der Waals surface area contributed by atoms with Crippen LogP contribution in [0.1, 0.15) is 108 Å². The molecular formula is C44H77N3O14. The SMILES string of the molecule is CC[C@H]1OC(=O)[C@H](C)[C@@H](O[C@H]2C[C@@](C)(OC)[C@@H](OC(C)=O)[C@H](C)O2)[C@H](C)[C@@H](O[C@@H]2O[C@H](C)C[C@H](N(C)C)[C@H]2O)[C@](C)(OC)C[C@@H](C)C(=O)[C@H](C)[C@@H]2N(CCCN)C(=O)O[C@@]21C. The van der Waals surface area contributed by atoms with Crippen molar-refractivity contribution in [3.05, 3.63) is 0 Å². The summed E-state index contributed by atoms with van der Waals surface area (Å²) in [6.45, 7) is 20.0. The van der Waals surface area contributed by atoms with Crippen LogP contribution >= 0.6 is 0 Å². The number of ether oxygens (including phenoxy) is 9. The molecule has 61 heavy (non-hydrogen) atoms. The Balaban J connectivity index is 1.90. The van der Waals surface area contributed by atoms with E-state index in [1.54, 1.807) is 32.6 Å². The van der Waals surface area contributed by atoms with Gasteiger partial charge in [0.25, 0.3) is 0 Å². The molecular weight excluding hydrogens is 794 g/mol. The lowest BCUT2D eigenvalue weighted by molar-refractivity contribution is -0.320. The number of nitrogens with two attached hydrogens (primary N) is 1. The predicted octanol–water partition coefficient (Wildman–Crippen LogP) is 3.83. The van der Waals surface area contributed by atoms with Crippen LogP contribution in [0.5, 0.6) is 0 Å². The highest BCUT2D eigenvalue weighted by Gasteiger charge is 2.61. The van der Waals surface area contributed by atoms with E-state index < -0.39 is 114 Å². The van der Waals surface area contributed by atoms with Gasteiger partial charge in [-0.15, -0.1) is 0 Å². The van der Waals surface area contributed by atoms with Crippen LogP contribution in [-0.2, 0) is 57.0 Å². The fraction of sp³-hybridized carbons (Fsp3) is 0.909. The van der Waals surface area contributed by atoms with Crippen LogP contribution in [0.3, 0.4) is 0 Å². The number of aliphatic hydroxyl groups excluding tert-OH is 1. The predicted molar refractivity (Wildman–Crippen MR) is 223 cm³/mol. The monoisotopic (exact) mass is 872 g/mol. The van der Waals surface area contributed by atoms with E-state index in [0.717, 1.165) is 0 Å². The highest BCUT2D eigenvalue weighted by Crippen LogP contribution is 2.45. The van der Waals surface area contributed by atoms with Gasteiger partial charge in [-0.1, -0.05) is 27.7 Å². The average molecular weight is 872 g/mol. The number of methoxy groups -OCH3 is 2. The Labute approximate surface area is 363 Å². The van der Waals surface area contributed by atoms with Crippen molar-refractivity contribution in [3.8, 4) is 0 Å². The van der Waals surface area contributed by atoms with E-state index in [1.807, 2.05) is 60.5 Å². The summed E-state index contributed by atoms with van der Waals surface area (Å²) >= 11 is 0. The van der Waals surface area contributed by atoms with Crippen LogP contribution in [0.15, 0.2) is 0 Å². The number of hydrogen-bond acceptors (Lipinski definition) is 16. The molecule has 0 aliphatic carbocycles. The summed E-state index contributed by atoms with van der Waals surface area (Å²) in [5, 5.41) is 11.8. The van der Waals surface area contributed by atoms with Crippen molar-refractivity contribution >= 4 is 23.8 Å². The number of hydrogen-bond donors (Lipinski definition) is 2. The number of rotatable bonds is 12. The molecule has 0 unspecified atom stereocenters. The third-order valence-corrected chi connectivity index (χ3v) is 14.0. The molecule has 352 valence electrons. The molecule has 4 saturated heterocycles. The van der Waals surface area contributed by atoms with E-state index in [1.165, 1.54) is 21.1 Å². The Bertz CT molecular complexity index is 1520. The summed E-state index contributed by atoms with van der Waals surface area (Å²) in [6.07, 6.45) is -6.91. The second-order valence-electron chi connectivity index (χ2n) is 18.9. The van der Waals surface area contributed by atoms with E-state index in [-0.39, 0.29) is 43.7 Å². The molecule has 4 fully saturated rings. The van der Waals surface area contributed by atoms with Gasteiger partial charge in [0.05, 0.1) is 42.0 Å². The zero-order valence-corrected chi connectivity index (χ0v) is 39.3. The van der Waals surface area contributed by atoms with Crippen molar-refractivity contribution in [2.24, 2.45) is 29.4 Å². The highest BCUT2D eigenvalue weighted by atomic mass is 16.7. The molecule has 0 saturated carbocycles. The zero-order valence-electron chi connectivity index (χ0n) is 39.3. The van der Waals surface area contributed by atoms with Gasteiger partial charge in [-0.05, 0) is 87.9 Å². The number of amides is 1. The second kappa shape index (κ2) is 20.6. The molecule has 1 amide bonds. The molecule has 18 atom stereocenters. The summed E-state index contributed by atoms with van der Waals surface area (Å²) in [5.41, 5.74) is 2.18. The average Bonchev–Trinajstić information content (AvgIpc) is 3.46. The van der Waals surface area contributed by atoms with Crippen molar-refractivity contribution in [2.75, 3.05) is 41.4 Å². The molecule has 0 spiro atoms.